The second-order valence-electron chi connectivity index (χ2n) is 4.68. The first-order chi connectivity index (χ1) is 9.71. The minimum absolute atomic E-state index is 0.222. The van der Waals surface area contributed by atoms with Crippen LogP contribution < -0.4 is 5.73 Å². The van der Waals surface area contributed by atoms with Gasteiger partial charge in [0.15, 0.2) is 0 Å². The number of aryl methyl sites for hydroxylation is 1. The van der Waals surface area contributed by atoms with E-state index in [1.807, 2.05) is 0 Å². The van der Waals surface area contributed by atoms with E-state index in [1.165, 1.54) is 13.0 Å². The summed E-state index contributed by atoms with van der Waals surface area (Å²) < 4.78 is 65.2. The fourth-order valence-electron chi connectivity index (χ4n) is 2.16. The van der Waals surface area contributed by atoms with Gasteiger partial charge in [0.25, 0.3) is 0 Å². The lowest BCUT2D eigenvalue weighted by atomic mass is 9.93. The van der Waals surface area contributed by atoms with Crippen LogP contribution >= 0.6 is 0 Å². The highest BCUT2D eigenvalue weighted by molar-refractivity contribution is 5.40. The van der Waals surface area contributed by atoms with Crippen molar-refractivity contribution in [3.8, 4) is 0 Å². The number of halogens is 5. The quantitative estimate of drug-likeness (QED) is 0.820. The molecule has 0 aliphatic rings. The normalized spacial score (nSPS) is 13.3. The summed E-state index contributed by atoms with van der Waals surface area (Å²) in [6.07, 6.45) is -4.48. The number of nitrogens with two attached hydrogens (primary N) is 1. The zero-order valence-electron chi connectivity index (χ0n) is 11.0. The van der Waals surface area contributed by atoms with Crippen LogP contribution in [0, 0.1) is 18.6 Å². The van der Waals surface area contributed by atoms with Crippen molar-refractivity contribution in [1.29, 1.82) is 0 Å². The lowest BCUT2D eigenvalue weighted by Gasteiger charge is -2.18. The van der Waals surface area contributed by atoms with Crippen LogP contribution in [0.25, 0.3) is 0 Å². The van der Waals surface area contributed by atoms with Crippen LogP contribution in [-0.2, 0) is 6.18 Å². The Labute approximate surface area is 118 Å². The molecule has 0 saturated carbocycles. The molecule has 0 aliphatic heterocycles. The van der Waals surface area contributed by atoms with Crippen LogP contribution in [0.3, 0.4) is 0 Å². The van der Waals surface area contributed by atoms with E-state index < -0.39 is 29.4 Å². The Kier molecular flexibility index (Phi) is 4.00. The van der Waals surface area contributed by atoms with Gasteiger partial charge in [0.05, 0.1) is 11.6 Å². The number of hydrogen-bond acceptors (Lipinski definition) is 1. The number of benzene rings is 2. The van der Waals surface area contributed by atoms with E-state index in [1.54, 1.807) is 0 Å². The largest absolute Gasteiger partial charge is 0.416 e. The SMILES string of the molecule is Cc1cc(C(F)(F)F)ccc1C(N)c1c(F)cccc1F. The summed E-state index contributed by atoms with van der Waals surface area (Å²) in [6, 6.07) is 5.04. The third kappa shape index (κ3) is 3.05. The molecule has 0 radical (unpaired) electrons. The number of hydrogen-bond donors (Lipinski definition) is 1. The van der Waals surface area contributed by atoms with Gasteiger partial charge in [0.2, 0.25) is 0 Å². The molecule has 112 valence electrons. The van der Waals surface area contributed by atoms with Gasteiger partial charge in [-0.2, -0.15) is 13.2 Å². The maximum absolute atomic E-state index is 13.7. The van der Waals surface area contributed by atoms with Gasteiger partial charge < -0.3 is 5.73 Å². The molecule has 2 aromatic carbocycles. The van der Waals surface area contributed by atoms with E-state index in [2.05, 4.69) is 0 Å². The molecule has 2 rings (SSSR count). The Morgan fingerprint density at radius 1 is 1.00 bits per heavy atom. The average molecular weight is 301 g/mol. The molecule has 0 heterocycles. The summed E-state index contributed by atoms with van der Waals surface area (Å²) >= 11 is 0. The Hall–Kier alpha value is -1.95. The Morgan fingerprint density at radius 2 is 1.57 bits per heavy atom. The first-order valence-electron chi connectivity index (χ1n) is 6.09. The zero-order valence-corrected chi connectivity index (χ0v) is 11.0. The zero-order chi connectivity index (χ0) is 15.8. The van der Waals surface area contributed by atoms with E-state index in [-0.39, 0.29) is 16.7 Å². The molecular weight excluding hydrogens is 289 g/mol. The molecule has 21 heavy (non-hydrogen) atoms. The molecular formula is C15H12F5N. The third-order valence-corrected chi connectivity index (χ3v) is 3.24. The summed E-state index contributed by atoms with van der Waals surface area (Å²) in [5, 5.41) is 0. The van der Waals surface area contributed by atoms with Crippen LogP contribution in [0.15, 0.2) is 36.4 Å². The first-order valence-corrected chi connectivity index (χ1v) is 6.09. The molecule has 0 bridgehead atoms. The fourth-order valence-corrected chi connectivity index (χ4v) is 2.16. The molecule has 0 aromatic heterocycles. The summed E-state index contributed by atoms with van der Waals surface area (Å²) in [6.45, 7) is 1.42. The van der Waals surface area contributed by atoms with Crippen molar-refractivity contribution in [2.24, 2.45) is 5.73 Å². The van der Waals surface area contributed by atoms with Crippen molar-refractivity contribution in [2.45, 2.75) is 19.1 Å². The smallest absolute Gasteiger partial charge is 0.320 e. The molecule has 0 amide bonds. The van der Waals surface area contributed by atoms with Crippen molar-refractivity contribution < 1.29 is 22.0 Å². The molecule has 0 fully saturated rings. The van der Waals surface area contributed by atoms with Gasteiger partial charge in [0.1, 0.15) is 11.6 Å². The Balaban J connectivity index is 2.47. The average Bonchev–Trinajstić information content (AvgIpc) is 2.37. The fraction of sp³-hybridized carbons (Fsp3) is 0.200. The van der Waals surface area contributed by atoms with Crippen LogP contribution in [-0.4, -0.2) is 0 Å². The van der Waals surface area contributed by atoms with E-state index in [0.29, 0.717) is 0 Å². The van der Waals surface area contributed by atoms with Crippen LogP contribution in [0.1, 0.15) is 28.3 Å². The first kappa shape index (κ1) is 15.4. The monoisotopic (exact) mass is 301 g/mol. The van der Waals surface area contributed by atoms with Gasteiger partial charge in [-0.05, 0) is 42.3 Å². The predicted molar refractivity (Wildman–Crippen MR) is 68.6 cm³/mol. The maximum atomic E-state index is 13.7. The number of rotatable bonds is 2. The predicted octanol–water partition coefficient (Wildman–Crippen LogP) is 4.34. The van der Waals surface area contributed by atoms with E-state index in [4.69, 9.17) is 5.73 Å². The lowest BCUT2D eigenvalue weighted by molar-refractivity contribution is -0.137. The second-order valence-corrected chi connectivity index (χ2v) is 4.68. The molecule has 1 atom stereocenters. The molecule has 0 spiro atoms. The minimum Gasteiger partial charge on any atom is -0.320 e. The van der Waals surface area contributed by atoms with E-state index in [9.17, 15) is 22.0 Å². The molecule has 2 N–H and O–H groups in total. The summed E-state index contributed by atoms with van der Waals surface area (Å²) in [5.74, 6) is -1.66. The van der Waals surface area contributed by atoms with Gasteiger partial charge in [-0.15, -0.1) is 0 Å². The molecule has 1 nitrogen and oxygen atoms in total. The minimum atomic E-state index is -4.48. The van der Waals surface area contributed by atoms with Gasteiger partial charge in [-0.3, -0.25) is 0 Å². The second kappa shape index (κ2) is 5.44. The summed E-state index contributed by atoms with van der Waals surface area (Å²) in [5.41, 5.74) is 5.09. The van der Waals surface area contributed by atoms with Gasteiger partial charge in [0, 0.05) is 5.56 Å². The molecule has 6 heteroatoms. The van der Waals surface area contributed by atoms with Crippen LogP contribution in [0.4, 0.5) is 22.0 Å². The van der Waals surface area contributed by atoms with Crippen molar-refractivity contribution in [2.75, 3.05) is 0 Å². The maximum Gasteiger partial charge on any atom is 0.416 e. The third-order valence-electron chi connectivity index (χ3n) is 3.24. The molecule has 0 saturated heterocycles. The molecule has 2 aromatic rings. The van der Waals surface area contributed by atoms with Crippen molar-refractivity contribution in [3.05, 3.63) is 70.3 Å². The molecule has 1 unspecified atom stereocenters. The van der Waals surface area contributed by atoms with Crippen LogP contribution in [0.2, 0.25) is 0 Å². The Bertz CT molecular complexity index is 643. The van der Waals surface area contributed by atoms with Crippen molar-refractivity contribution in [3.63, 3.8) is 0 Å². The number of alkyl halides is 3. The highest BCUT2D eigenvalue weighted by atomic mass is 19.4. The van der Waals surface area contributed by atoms with E-state index in [0.717, 1.165) is 30.3 Å². The molecule has 0 aliphatic carbocycles. The van der Waals surface area contributed by atoms with Gasteiger partial charge >= 0.3 is 6.18 Å². The van der Waals surface area contributed by atoms with Crippen LogP contribution in [0.5, 0.6) is 0 Å². The lowest BCUT2D eigenvalue weighted by Crippen LogP contribution is -2.17. The van der Waals surface area contributed by atoms with Gasteiger partial charge in [-0.25, -0.2) is 8.78 Å². The summed E-state index contributed by atoms with van der Waals surface area (Å²) in [7, 11) is 0. The summed E-state index contributed by atoms with van der Waals surface area (Å²) in [4.78, 5) is 0. The van der Waals surface area contributed by atoms with Gasteiger partial charge in [-0.1, -0.05) is 12.1 Å². The topological polar surface area (TPSA) is 26.0 Å². The van der Waals surface area contributed by atoms with E-state index >= 15 is 0 Å². The highest BCUT2D eigenvalue weighted by Gasteiger charge is 2.31. The van der Waals surface area contributed by atoms with Crippen molar-refractivity contribution >= 4 is 0 Å². The highest BCUT2D eigenvalue weighted by Crippen LogP contribution is 2.33. The van der Waals surface area contributed by atoms with Crippen molar-refractivity contribution in [1.82, 2.24) is 0 Å². The Morgan fingerprint density at radius 3 is 2.05 bits per heavy atom. The standard InChI is InChI=1S/C15H12F5N/c1-8-7-9(15(18,19)20)5-6-10(8)14(21)13-11(16)3-2-4-12(13)17/h2-7,14H,21H2,1H3.